The van der Waals surface area contributed by atoms with Crippen LogP contribution < -0.4 is 4.90 Å². The van der Waals surface area contributed by atoms with E-state index in [4.69, 9.17) is 4.42 Å². The van der Waals surface area contributed by atoms with Crippen molar-refractivity contribution in [2.45, 2.75) is 19.0 Å². The van der Waals surface area contributed by atoms with Crippen LogP contribution in [0.15, 0.2) is 77.5 Å². The summed E-state index contributed by atoms with van der Waals surface area (Å²) in [5, 5.41) is 0. The normalized spacial score (nSPS) is 25.7. The van der Waals surface area contributed by atoms with Crippen molar-refractivity contribution in [2.24, 2.45) is 11.8 Å². The van der Waals surface area contributed by atoms with Crippen LogP contribution in [0.3, 0.4) is 0 Å². The molecule has 0 radical (unpaired) electrons. The molecule has 0 spiro atoms. The highest BCUT2D eigenvalue weighted by atomic mass is 16.3. The summed E-state index contributed by atoms with van der Waals surface area (Å²) in [5.74, 6) is -2.15. The van der Waals surface area contributed by atoms with E-state index < -0.39 is 23.9 Å². The lowest BCUT2D eigenvalue weighted by molar-refractivity contribution is -0.123. The second-order valence-corrected chi connectivity index (χ2v) is 8.52. The second kappa shape index (κ2) is 6.79. The third-order valence-electron chi connectivity index (χ3n) is 6.79. The molecule has 6 rings (SSSR count). The van der Waals surface area contributed by atoms with Gasteiger partial charge in [0.25, 0.3) is 0 Å². The molecule has 3 aliphatic rings. The summed E-state index contributed by atoms with van der Waals surface area (Å²) >= 11 is 0. The fourth-order valence-electron chi connectivity index (χ4n) is 5.37. The van der Waals surface area contributed by atoms with Crippen molar-refractivity contribution in [3.8, 4) is 0 Å². The molecule has 2 amide bonds. The third kappa shape index (κ3) is 2.49. The number of fused-ring (bicyclic) bond motifs is 5. The van der Waals surface area contributed by atoms with Gasteiger partial charge in [-0.15, -0.1) is 0 Å². The van der Waals surface area contributed by atoms with E-state index in [0.717, 1.165) is 16.7 Å². The molecule has 4 atom stereocenters. The molecule has 0 bridgehead atoms. The molecule has 6 heteroatoms. The molecule has 158 valence electrons. The Bertz CT molecular complexity index is 1280. The number of amides is 2. The zero-order valence-corrected chi connectivity index (χ0v) is 17.3. The SMILES string of the molecule is Cc1ccc(N2C(=O)[C@@H]3[C@H](C2=O)[C@H]2c4ccccc4C=CN2[C@H]3C(=O)c2ccco2)cc1. The lowest BCUT2D eigenvalue weighted by Crippen LogP contribution is -2.44. The smallest absolute Gasteiger partial charge is 0.240 e. The molecular formula is C26H20N2O4. The van der Waals surface area contributed by atoms with Crippen LogP contribution in [-0.2, 0) is 9.59 Å². The van der Waals surface area contributed by atoms with Gasteiger partial charge in [-0.1, -0.05) is 42.0 Å². The van der Waals surface area contributed by atoms with Crippen LogP contribution in [0.5, 0.6) is 0 Å². The Morgan fingerprint density at radius 3 is 2.41 bits per heavy atom. The number of benzene rings is 2. The number of aryl methyl sites for hydroxylation is 1. The van der Waals surface area contributed by atoms with Gasteiger partial charge in [0.05, 0.1) is 29.8 Å². The molecule has 1 aromatic heterocycles. The molecule has 32 heavy (non-hydrogen) atoms. The van der Waals surface area contributed by atoms with E-state index in [1.54, 1.807) is 24.3 Å². The van der Waals surface area contributed by atoms with E-state index in [1.165, 1.54) is 11.2 Å². The van der Waals surface area contributed by atoms with Gasteiger partial charge in [0, 0.05) is 6.20 Å². The minimum absolute atomic E-state index is 0.190. The van der Waals surface area contributed by atoms with Crippen LogP contribution in [0.4, 0.5) is 5.69 Å². The Kier molecular flexibility index (Phi) is 3.99. The highest BCUT2D eigenvalue weighted by Crippen LogP contribution is 2.53. The molecule has 3 aromatic rings. The van der Waals surface area contributed by atoms with Crippen LogP contribution in [0.2, 0.25) is 0 Å². The highest BCUT2D eigenvalue weighted by Gasteiger charge is 2.64. The number of ketones is 1. The largest absolute Gasteiger partial charge is 0.461 e. The maximum absolute atomic E-state index is 13.7. The molecule has 0 saturated carbocycles. The maximum Gasteiger partial charge on any atom is 0.240 e. The minimum atomic E-state index is -0.812. The average molecular weight is 424 g/mol. The number of hydrogen-bond donors (Lipinski definition) is 0. The average Bonchev–Trinajstić information content (AvgIpc) is 3.51. The predicted molar refractivity (Wildman–Crippen MR) is 118 cm³/mol. The number of Topliss-reactive ketones (excluding diaryl/α,β-unsaturated/α-hetero) is 1. The minimum Gasteiger partial charge on any atom is -0.461 e. The van der Waals surface area contributed by atoms with E-state index in [0.29, 0.717) is 5.69 Å². The zero-order valence-electron chi connectivity index (χ0n) is 17.3. The summed E-state index contributed by atoms with van der Waals surface area (Å²) in [6.07, 6.45) is 5.22. The van der Waals surface area contributed by atoms with Gasteiger partial charge >= 0.3 is 0 Å². The standard InChI is InChI=1S/C26H20N2O4/c1-15-8-10-17(11-9-15)28-25(30)20-21(26(28)31)23(24(29)19-7-4-14-32-19)27-13-12-16-5-2-3-6-18(16)22(20)27/h2-14,20-23H,1H3/t20-,21+,22+,23+/m0/s1. The van der Waals surface area contributed by atoms with E-state index in [-0.39, 0.29) is 23.4 Å². The predicted octanol–water partition coefficient (Wildman–Crippen LogP) is 3.99. The lowest BCUT2D eigenvalue weighted by atomic mass is 9.84. The van der Waals surface area contributed by atoms with E-state index in [9.17, 15) is 14.4 Å². The topological polar surface area (TPSA) is 70.8 Å². The van der Waals surface area contributed by atoms with Gasteiger partial charge in [-0.3, -0.25) is 14.4 Å². The summed E-state index contributed by atoms with van der Waals surface area (Å²) in [5.41, 5.74) is 3.52. The molecule has 4 heterocycles. The summed E-state index contributed by atoms with van der Waals surface area (Å²) < 4.78 is 5.38. The van der Waals surface area contributed by atoms with Crippen LogP contribution in [0, 0.1) is 18.8 Å². The Hall–Kier alpha value is -3.93. The molecule has 2 aromatic carbocycles. The van der Waals surface area contributed by atoms with Crippen molar-refractivity contribution in [2.75, 3.05) is 4.90 Å². The highest BCUT2D eigenvalue weighted by molar-refractivity contribution is 6.24. The van der Waals surface area contributed by atoms with Gasteiger partial charge in [0.1, 0.15) is 6.04 Å². The number of anilines is 1. The van der Waals surface area contributed by atoms with Crippen molar-refractivity contribution in [1.29, 1.82) is 0 Å². The Morgan fingerprint density at radius 1 is 0.906 bits per heavy atom. The third-order valence-corrected chi connectivity index (χ3v) is 6.79. The molecule has 3 aliphatic heterocycles. The fourth-order valence-corrected chi connectivity index (χ4v) is 5.37. The molecule has 0 aliphatic carbocycles. The van der Waals surface area contributed by atoms with Crippen molar-refractivity contribution in [3.63, 3.8) is 0 Å². The van der Waals surface area contributed by atoms with Gasteiger partial charge in [0.2, 0.25) is 17.6 Å². The zero-order chi connectivity index (χ0) is 22.0. The van der Waals surface area contributed by atoms with E-state index >= 15 is 0 Å². The number of imide groups is 1. The first kappa shape index (κ1) is 18.8. The van der Waals surface area contributed by atoms with Crippen LogP contribution in [0.25, 0.3) is 6.08 Å². The van der Waals surface area contributed by atoms with Crippen LogP contribution >= 0.6 is 0 Å². The first-order chi connectivity index (χ1) is 15.6. The number of furan rings is 1. The van der Waals surface area contributed by atoms with Gasteiger partial charge in [-0.05, 0) is 48.4 Å². The number of hydrogen-bond acceptors (Lipinski definition) is 5. The van der Waals surface area contributed by atoms with Crippen molar-refractivity contribution >= 4 is 29.4 Å². The van der Waals surface area contributed by atoms with Crippen molar-refractivity contribution in [1.82, 2.24) is 4.90 Å². The molecule has 0 N–H and O–H groups in total. The lowest BCUT2D eigenvalue weighted by Gasteiger charge is -2.35. The van der Waals surface area contributed by atoms with Crippen LogP contribution in [0.1, 0.15) is 33.3 Å². The number of rotatable bonds is 3. The van der Waals surface area contributed by atoms with Gasteiger partial charge in [0.15, 0.2) is 5.76 Å². The van der Waals surface area contributed by atoms with Crippen molar-refractivity contribution in [3.05, 3.63) is 95.6 Å². The first-order valence-corrected chi connectivity index (χ1v) is 10.6. The summed E-state index contributed by atoms with van der Waals surface area (Å²) in [6.45, 7) is 1.95. The maximum atomic E-state index is 13.7. The summed E-state index contributed by atoms with van der Waals surface area (Å²) in [6, 6.07) is 17.2. The first-order valence-electron chi connectivity index (χ1n) is 10.6. The molecule has 0 unspecified atom stereocenters. The van der Waals surface area contributed by atoms with E-state index in [2.05, 4.69) is 0 Å². The Labute approximate surface area is 184 Å². The van der Waals surface area contributed by atoms with Gasteiger partial charge in [-0.2, -0.15) is 0 Å². The summed E-state index contributed by atoms with van der Waals surface area (Å²) in [4.78, 5) is 44.1. The number of carbonyl (C=O) groups is 3. The molecule has 2 fully saturated rings. The Balaban J connectivity index is 1.50. The monoisotopic (exact) mass is 424 g/mol. The fraction of sp³-hybridized carbons (Fsp3) is 0.192. The molecule has 2 saturated heterocycles. The van der Waals surface area contributed by atoms with Crippen LogP contribution in [-0.4, -0.2) is 28.5 Å². The van der Waals surface area contributed by atoms with Gasteiger partial charge in [-0.25, -0.2) is 4.90 Å². The molecular weight excluding hydrogens is 404 g/mol. The second-order valence-electron chi connectivity index (χ2n) is 8.52. The van der Waals surface area contributed by atoms with E-state index in [1.807, 2.05) is 60.5 Å². The molecule has 6 nitrogen and oxygen atoms in total. The van der Waals surface area contributed by atoms with Crippen molar-refractivity contribution < 1.29 is 18.8 Å². The van der Waals surface area contributed by atoms with Gasteiger partial charge < -0.3 is 9.32 Å². The number of carbonyl (C=O) groups excluding carboxylic acids is 3. The Morgan fingerprint density at radius 2 is 1.66 bits per heavy atom. The number of nitrogens with zero attached hydrogens (tertiary/aromatic N) is 2. The quantitative estimate of drug-likeness (QED) is 0.470. The summed E-state index contributed by atoms with van der Waals surface area (Å²) in [7, 11) is 0.